The number of rotatable bonds is 6. The number of likely N-dealkylation sites (tertiary alicyclic amines) is 1. The minimum absolute atomic E-state index is 0.0335. The van der Waals surface area contributed by atoms with Gasteiger partial charge in [-0.05, 0) is 51.2 Å². The molecule has 1 aromatic rings. The maximum atomic E-state index is 12.4. The first-order valence-corrected chi connectivity index (χ1v) is 9.62. The van der Waals surface area contributed by atoms with Crippen molar-refractivity contribution in [2.24, 2.45) is 5.92 Å². The van der Waals surface area contributed by atoms with E-state index in [1.54, 1.807) is 0 Å². The first kappa shape index (κ1) is 18.6. The third-order valence-electron chi connectivity index (χ3n) is 5.40. The van der Waals surface area contributed by atoms with Crippen molar-refractivity contribution in [1.82, 2.24) is 10.2 Å². The highest BCUT2D eigenvalue weighted by Gasteiger charge is 2.32. The molecule has 26 heavy (non-hydrogen) atoms. The molecule has 2 aliphatic rings. The van der Waals surface area contributed by atoms with Crippen molar-refractivity contribution in [3.8, 4) is 0 Å². The molecule has 1 aliphatic carbocycles. The van der Waals surface area contributed by atoms with Crippen molar-refractivity contribution < 1.29 is 14.4 Å². The lowest BCUT2D eigenvalue weighted by Crippen LogP contribution is -2.46. The van der Waals surface area contributed by atoms with E-state index in [0.29, 0.717) is 13.1 Å². The normalized spacial score (nSPS) is 17.8. The summed E-state index contributed by atoms with van der Waals surface area (Å²) in [4.78, 5) is 38.5. The number of ketones is 1. The first-order valence-electron chi connectivity index (χ1n) is 9.62. The summed E-state index contributed by atoms with van der Waals surface area (Å²) in [6.07, 6.45) is 4.13. The van der Waals surface area contributed by atoms with E-state index >= 15 is 0 Å². The number of carbonyl (C=O) groups excluding carboxylic acids is 3. The Morgan fingerprint density at radius 2 is 1.73 bits per heavy atom. The van der Waals surface area contributed by atoms with Crippen LogP contribution in [0.3, 0.4) is 0 Å². The van der Waals surface area contributed by atoms with E-state index in [1.807, 2.05) is 36.9 Å². The molecule has 1 aliphatic heterocycles. The van der Waals surface area contributed by atoms with Crippen molar-refractivity contribution >= 4 is 17.6 Å². The van der Waals surface area contributed by atoms with Crippen LogP contribution in [0.5, 0.6) is 0 Å². The number of amides is 2. The van der Waals surface area contributed by atoms with Gasteiger partial charge in [0.15, 0.2) is 5.78 Å². The van der Waals surface area contributed by atoms with Crippen molar-refractivity contribution in [2.75, 3.05) is 13.1 Å². The molecular formula is C21H28N2O3. The molecule has 0 radical (unpaired) electrons. The molecular weight excluding hydrogens is 328 g/mol. The SMILES string of the molecule is Cc1ccc(C)c(C(=O)CCC(=O)N2CCC(NC(=O)C3CC3)CC2)c1. The Balaban J connectivity index is 1.43. The monoisotopic (exact) mass is 356 g/mol. The largest absolute Gasteiger partial charge is 0.353 e. The lowest BCUT2D eigenvalue weighted by Gasteiger charge is -2.32. The molecule has 2 amide bonds. The van der Waals surface area contributed by atoms with E-state index in [-0.39, 0.29) is 42.4 Å². The van der Waals surface area contributed by atoms with Gasteiger partial charge in [-0.2, -0.15) is 0 Å². The van der Waals surface area contributed by atoms with Gasteiger partial charge in [0.05, 0.1) is 0 Å². The lowest BCUT2D eigenvalue weighted by molar-refractivity contribution is -0.132. The third-order valence-corrected chi connectivity index (χ3v) is 5.40. The Labute approximate surface area is 155 Å². The van der Waals surface area contributed by atoms with Crippen LogP contribution in [0, 0.1) is 19.8 Å². The predicted molar refractivity (Wildman–Crippen MR) is 99.9 cm³/mol. The molecule has 0 atom stereocenters. The fraction of sp³-hybridized carbons (Fsp3) is 0.571. The van der Waals surface area contributed by atoms with Gasteiger partial charge in [0.1, 0.15) is 0 Å². The number of Topliss-reactive ketones (excluding diaryl/α,β-unsaturated/α-hetero) is 1. The van der Waals surface area contributed by atoms with E-state index in [0.717, 1.165) is 42.4 Å². The number of hydrogen-bond acceptors (Lipinski definition) is 3. The van der Waals surface area contributed by atoms with Gasteiger partial charge >= 0.3 is 0 Å². The Morgan fingerprint density at radius 3 is 2.38 bits per heavy atom. The Bertz CT molecular complexity index is 701. The number of nitrogens with one attached hydrogen (secondary N) is 1. The number of hydrogen-bond donors (Lipinski definition) is 1. The summed E-state index contributed by atoms with van der Waals surface area (Å²) in [5.41, 5.74) is 2.74. The number of aryl methyl sites for hydroxylation is 2. The second-order valence-corrected chi connectivity index (χ2v) is 7.68. The molecule has 1 saturated carbocycles. The van der Waals surface area contributed by atoms with Crippen molar-refractivity contribution in [3.63, 3.8) is 0 Å². The van der Waals surface area contributed by atoms with Gasteiger partial charge in [0.25, 0.3) is 0 Å². The highest BCUT2D eigenvalue weighted by Crippen LogP contribution is 2.29. The number of nitrogens with zero attached hydrogens (tertiary/aromatic N) is 1. The van der Waals surface area contributed by atoms with E-state index < -0.39 is 0 Å². The van der Waals surface area contributed by atoms with Gasteiger partial charge in [-0.15, -0.1) is 0 Å². The molecule has 3 rings (SSSR count). The zero-order chi connectivity index (χ0) is 18.7. The zero-order valence-corrected chi connectivity index (χ0v) is 15.7. The predicted octanol–water partition coefficient (Wildman–Crippen LogP) is 2.78. The van der Waals surface area contributed by atoms with Crippen LogP contribution in [0.15, 0.2) is 18.2 Å². The van der Waals surface area contributed by atoms with E-state index in [2.05, 4.69) is 5.32 Å². The highest BCUT2D eigenvalue weighted by atomic mass is 16.2. The molecule has 1 saturated heterocycles. The van der Waals surface area contributed by atoms with E-state index in [9.17, 15) is 14.4 Å². The van der Waals surface area contributed by atoms with Crippen molar-refractivity contribution in [3.05, 3.63) is 34.9 Å². The fourth-order valence-corrected chi connectivity index (χ4v) is 3.49. The smallest absolute Gasteiger partial charge is 0.223 e. The number of piperidine rings is 1. The lowest BCUT2D eigenvalue weighted by atomic mass is 9.98. The molecule has 1 N–H and O–H groups in total. The third kappa shape index (κ3) is 4.71. The Morgan fingerprint density at radius 1 is 1.04 bits per heavy atom. The summed E-state index contributed by atoms with van der Waals surface area (Å²) in [5.74, 6) is 0.474. The summed E-state index contributed by atoms with van der Waals surface area (Å²) >= 11 is 0. The van der Waals surface area contributed by atoms with Gasteiger partial charge < -0.3 is 10.2 Å². The fourth-order valence-electron chi connectivity index (χ4n) is 3.49. The van der Waals surface area contributed by atoms with Gasteiger partial charge in [-0.25, -0.2) is 0 Å². The Hall–Kier alpha value is -2.17. The molecule has 0 aromatic heterocycles. The average molecular weight is 356 g/mol. The van der Waals surface area contributed by atoms with E-state index in [4.69, 9.17) is 0 Å². The maximum absolute atomic E-state index is 12.4. The topological polar surface area (TPSA) is 66.5 Å². The van der Waals surface area contributed by atoms with Crippen LogP contribution in [0.4, 0.5) is 0 Å². The van der Waals surface area contributed by atoms with E-state index in [1.165, 1.54) is 0 Å². The van der Waals surface area contributed by atoms with Crippen LogP contribution < -0.4 is 5.32 Å². The quantitative estimate of drug-likeness (QED) is 0.797. The van der Waals surface area contributed by atoms with Crippen LogP contribution in [0.1, 0.15) is 60.0 Å². The van der Waals surface area contributed by atoms with Gasteiger partial charge in [-0.1, -0.05) is 17.7 Å². The minimum Gasteiger partial charge on any atom is -0.353 e. The van der Waals surface area contributed by atoms with Gasteiger partial charge in [0, 0.05) is 43.5 Å². The highest BCUT2D eigenvalue weighted by molar-refractivity contribution is 5.99. The van der Waals surface area contributed by atoms with Gasteiger partial charge in [0.2, 0.25) is 11.8 Å². The standard InChI is InChI=1S/C21H28N2O3/c1-14-3-4-15(2)18(13-14)19(24)7-8-20(25)23-11-9-17(10-12-23)22-21(26)16-5-6-16/h3-4,13,16-17H,5-12H2,1-2H3,(H,22,26). The van der Waals surface area contributed by atoms with Crippen molar-refractivity contribution in [1.29, 1.82) is 0 Å². The van der Waals surface area contributed by atoms with Crippen LogP contribution >= 0.6 is 0 Å². The number of benzene rings is 1. The summed E-state index contributed by atoms with van der Waals surface area (Å²) in [5, 5.41) is 3.09. The molecule has 140 valence electrons. The van der Waals surface area contributed by atoms with Crippen LogP contribution in [-0.4, -0.2) is 41.6 Å². The first-order chi connectivity index (χ1) is 12.4. The average Bonchev–Trinajstić information content (AvgIpc) is 3.47. The Kier molecular flexibility index (Phi) is 5.74. The molecule has 2 fully saturated rings. The molecule has 5 heteroatoms. The molecule has 1 aromatic carbocycles. The zero-order valence-electron chi connectivity index (χ0n) is 15.7. The summed E-state index contributed by atoms with van der Waals surface area (Å²) < 4.78 is 0. The van der Waals surface area contributed by atoms with Crippen LogP contribution in [-0.2, 0) is 9.59 Å². The molecule has 0 bridgehead atoms. The van der Waals surface area contributed by atoms with Crippen LogP contribution in [0.25, 0.3) is 0 Å². The number of carbonyl (C=O) groups is 3. The molecule has 0 spiro atoms. The van der Waals surface area contributed by atoms with Gasteiger partial charge in [-0.3, -0.25) is 14.4 Å². The maximum Gasteiger partial charge on any atom is 0.223 e. The summed E-state index contributed by atoms with van der Waals surface area (Å²) in [7, 11) is 0. The molecule has 5 nitrogen and oxygen atoms in total. The molecule has 1 heterocycles. The second-order valence-electron chi connectivity index (χ2n) is 7.68. The van der Waals surface area contributed by atoms with Crippen LogP contribution in [0.2, 0.25) is 0 Å². The summed E-state index contributed by atoms with van der Waals surface area (Å²) in [6.45, 7) is 5.21. The summed E-state index contributed by atoms with van der Waals surface area (Å²) in [6, 6.07) is 6.02. The minimum atomic E-state index is 0.0335. The van der Waals surface area contributed by atoms with Crippen molar-refractivity contribution in [2.45, 2.75) is 58.4 Å². The molecule has 0 unspecified atom stereocenters. The second kappa shape index (κ2) is 8.02.